The number of hydrogen-bond acceptors (Lipinski definition) is 6. The molecule has 1 aromatic carbocycles. The molecule has 0 bridgehead atoms. The third-order valence-corrected chi connectivity index (χ3v) is 4.60. The molecular weight excluding hydrogens is 343 g/mol. The molecule has 1 amide bonds. The quantitative estimate of drug-likeness (QED) is 0.705. The number of benzene rings is 1. The predicted octanol–water partition coefficient (Wildman–Crippen LogP) is 3.17. The van der Waals surface area contributed by atoms with Crippen molar-refractivity contribution in [1.29, 1.82) is 0 Å². The molecule has 3 aromatic rings. The number of rotatable bonds is 2. The topological polar surface area (TPSA) is 68.2 Å². The highest BCUT2D eigenvalue weighted by Gasteiger charge is 2.30. The Hall–Kier alpha value is -2.87. The molecule has 0 radical (unpaired) electrons. The first-order valence-electron chi connectivity index (χ1n) is 7.62. The zero-order valence-electron chi connectivity index (χ0n) is 13.2. The third-order valence-electron chi connectivity index (χ3n) is 3.73. The third kappa shape index (κ3) is 2.96. The van der Waals surface area contributed by atoms with Crippen molar-refractivity contribution in [2.45, 2.75) is 13.0 Å². The van der Waals surface area contributed by atoms with Gasteiger partial charge in [0.1, 0.15) is 34.1 Å². The van der Waals surface area contributed by atoms with Crippen LogP contribution in [0.2, 0.25) is 0 Å². The average Bonchev–Trinajstić information content (AvgIpc) is 3.11. The van der Waals surface area contributed by atoms with Gasteiger partial charge in [-0.15, -0.1) is 11.3 Å². The van der Waals surface area contributed by atoms with E-state index in [1.54, 1.807) is 34.9 Å². The highest BCUT2D eigenvalue weighted by Crippen LogP contribution is 2.35. The molecule has 0 fully saturated rings. The maximum atomic E-state index is 13.5. The van der Waals surface area contributed by atoms with Crippen molar-refractivity contribution in [2.24, 2.45) is 0 Å². The van der Waals surface area contributed by atoms with Crippen molar-refractivity contribution >= 4 is 22.9 Å². The smallest absolute Gasteiger partial charge is 0.278 e. The Bertz CT molecular complexity index is 931. The van der Waals surface area contributed by atoms with Gasteiger partial charge < -0.3 is 4.74 Å². The highest BCUT2D eigenvalue weighted by molar-refractivity contribution is 7.13. The van der Waals surface area contributed by atoms with Crippen LogP contribution >= 0.6 is 11.3 Å². The molecule has 0 saturated heterocycles. The van der Waals surface area contributed by atoms with Gasteiger partial charge in [0.25, 0.3) is 5.91 Å². The first kappa shape index (κ1) is 15.6. The Labute approximate surface area is 146 Å². The standard InChI is InChI=1S/C17H13FN4O2S/c1-10-8-22(14-3-2-11(18)6-15(14)24-10)17(23)13-9-25-16(21-13)12-7-19-4-5-20-12/h2-7,9-10H,8H2,1H3/t10-/m0/s1. The maximum Gasteiger partial charge on any atom is 0.278 e. The number of aromatic nitrogens is 3. The van der Waals surface area contributed by atoms with Gasteiger partial charge in [0.15, 0.2) is 0 Å². The summed E-state index contributed by atoms with van der Waals surface area (Å²) >= 11 is 1.33. The molecule has 0 aliphatic carbocycles. The van der Waals surface area contributed by atoms with Crippen LogP contribution in [0.5, 0.6) is 5.75 Å². The van der Waals surface area contributed by atoms with E-state index in [1.165, 1.54) is 23.5 Å². The van der Waals surface area contributed by atoms with Crippen LogP contribution in [0.25, 0.3) is 10.7 Å². The van der Waals surface area contributed by atoms with Crippen LogP contribution in [-0.4, -0.2) is 33.5 Å². The molecule has 0 saturated carbocycles. The molecule has 2 aromatic heterocycles. The van der Waals surface area contributed by atoms with Crippen molar-refractivity contribution < 1.29 is 13.9 Å². The van der Waals surface area contributed by atoms with E-state index in [1.807, 2.05) is 6.92 Å². The predicted molar refractivity (Wildman–Crippen MR) is 91.3 cm³/mol. The number of amides is 1. The zero-order valence-corrected chi connectivity index (χ0v) is 14.0. The van der Waals surface area contributed by atoms with E-state index in [0.717, 1.165) is 0 Å². The van der Waals surface area contributed by atoms with E-state index >= 15 is 0 Å². The number of carbonyl (C=O) groups excluding carboxylic acids is 1. The molecule has 1 aliphatic rings. The van der Waals surface area contributed by atoms with Crippen LogP contribution in [0.4, 0.5) is 10.1 Å². The second-order valence-electron chi connectivity index (χ2n) is 5.58. The van der Waals surface area contributed by atoms with E-state index in [-0.39, 0.29) is 12.0 Å². The summed E-state index contributed by atoms with van der Waals surface area (Å²) in [5.41, 5.74) is 1.47. The second kappa shape index (κ2) is 6.21. The lowest BCUT2D eigenvalue weighted by Gasteiger charge is -2.33. The number of fused-ring (bicyclic) bond motifs is 1. The zero-order chi connectivity index (χ0) is 17.4. The van der Waals surface area contributed by atoms with E-state index < -0.39 is 5.82 Å². The summed E-state index contributed by atoms with van der Waals surface area (Å²) in [4.78, 5) is 27.1. The van der Waals surface area contributed by atoms with Gasteiger partial charge in [-0.25, -0.2) is 9.37 Å². The van der Waals surface area contributed by atoms with Crippen LogP contribution in [0, 0.1) is 5.82 Å². The van der Waals surface area contributed by atoms with E-state index in [0.29, 0.717) is 34.4 Å². The van der Waals surface area contributed by atoms with Crippen LogP contribution in [0.3, 0.4) is 0 Å². The molecule has 0 spiro atoms. The van der Waals surface area contributed by atoms with Crippen LogP contribution in [-0.2, 0) is 0 Å². The van der Waals surface area contributed by atoms with Crippen molar-refractivity contribution in [2.75, 3.05) is 11.4 Å². The SMILES string of the molecule is C[C@H]1CN(C(=O)c2csc(-c3cnccn3)n2)c2ccc(F)cc2O1. The molecule has 8 heteroatoms. The Kier molecular flexibility index (Phi) is 3.89. The van der Waals surface area contributed by atoms with Crippen molar-refractivity contribution in [1.82, 2.24) is 15.0 Å². The Morgan fingerprint density at radius 2 is 2.28 bits per heavy atom. The number of thiazole rings is 1. The summed E-state index contributed by atoms with van der Waals surface area (Å²) in [5, 5.41) is 2.31. The Morgan fingerprint density at radius 1 is 1.40 bits per heavy atom. The molecule has 4 rings (SSSR count). The number of halogens is 1. The summed E-state index contributed by atoms with van der Waals surface area (Å²) < 4.78 is 19.1. The lowest BCUT2D eigenvalue weighted by Crippen LogP contribution is -2.42. The molecule has 1 atom stereocenters. The summed E-state index contributed by atoms with van der Waals surface area (Å²) in [5.74, 6) is -0.301. The summed E-state index contributed by atoms with van der Waals surface area (Å²) in [6.45, 7) is 2.20. The number of anilines is 1. The van der Waals surface area contributed by atoms with E-state index in [2.05, 4.69) is 15.0 Å². The number of nitrogens with zero attached hydrogens (tertiary/aromatic N) is 4. The fourth-order valence-corrected chi connectivity index (χ4v) is 3.40. The van der Waals surface area contributed by atoms with Gasteiger partial charge in [-0.1, -0.05) is 0 Å². The van der Waals surface area contributed by atoms with Gasteiger partial charge in [0, 0.05) is 23.8 Å². The molecule has 0 unspecified atom stereocenters. The molecule has 0 N–H and O–H groups in total. The van der Waals surface area contributed by atoms with Gasteiger partial charge in [0.05, 0.1) is 18.4 Å². The molecule has 1 aliphatic heterocycles. The first-order valence-corrected chi connectivity index (χ1v) is 8.50. The molecular formula is C17H13FN4O2S. The number of carbonyl (C=O) groups is 1. The minimum Gasteiger partial charge on any atom is -0.487 e. The molecule has 126 valence electrons. The van der Waals surface area contributed by atoms with Gasteiger partial charge in [-0.3, -0.25) is 19.7 Å². The minimum atomic E-state index is -0.404. The average molecular weight is 356 g/mol. The van der Waals surface area contributed by atoms with Gasteiger partial charge in [0.2, 0.25) is 0 Å². The first-order chi connectivity index (χ1) is 12.1. The van der Waals surface area contributed by atoms with Crippen molar-refractivity contribution in [3.05, 3.63) is 53.7 Å². The second-order valence-corrected chi connectivity index (χ2v) is 6.44. The molecule has 3 heterocycles. The Morgan fingerprint density at radius 3 is 3.08 bits per heavy atom. The minimum absolute atomic E-state index is 0.239. The summed E-state index contributed by atoms with van der Waals surface area (Å²) in [6.07, 6.45) is 4.51. The number of hydrogen-bond donors (Lipinski definition) is 0. The molecule has 6 nitrogen and oxygen atoms in total. The lowest BCUT2D eigenvalue weighted by molar-refractivity contribution is 0.0957. The summed E-state index contributed by atoms with van der Waals surface area (Å²) in [6, 6.07) is 4.15. The van der Waals surface area contributed by atoms with Gasteiger partial charge in [-0.2, -0.15) is 0 Å². The fourth-order valence-electron chi connectivity index (χ4n) is 2.64. The normalized spacial score (nSPS) is 16.2. The van der Waals surface area contributed by atoms with Crippen molar-refractivity contribution in [3.8, 4) is 16.5 Å². The highest BCUT2D eigenvalue weighted by atomic mass is 32.1. The molecule has 25 heavy (non-hydrogen) atoms. The van der Waals surface area contributed by atoms with Crippen LogP contribution < -0.4 is 9.64 Å². The number of ether oxygens (including phenoxy) is 1. The van der Waals surface area contributed by atoms with Gasteiger partial charge in [-0.05, 0) is 19.1 Å². The van der Waals surface area contributed by atoms with E-state index in [4.69, 9.17) is 4.74 Å². The fraction of sp³-hybridized carbons (Fsp3) is 0.176. The maximum absolute atomic E-state index is 13.5. The van der Waals surface area contributed by atoms with Gasteiger partial charge >= 0.3 is 0 Å². The summed E-state index contributed by atoms with van der Waals surface area (Å²) in [7, 11) is 0. The largest absolute Gasteiger partial charge is 0.487 e. The van der Waals surface area contributed by atoms with E-state index in [9.17, 15) is 9.18 Å². The Balaban J connectivity index is 1.67. The monoisotopic (exact) mass is 356 g/mol. The van der Waals surface area contributed by atoms with Crippen molar-refractivity contribution in [3.63, 3.8) is 0 Å². The van der Waals surface area contributed by atoms with Crippen LogP contribution in [0.1, 0.15) is 17.4 Å². The van der Waals surface area contributed by atoms with Crippen LogP contribution in [0.15, 0.2) is 42.2 Å². The lowest BCUT2D eigenvalue weighted by atomic mass is 10.2.